The minimum atomic E-state index is -0.369. The van der Waals surface area contributed by atoms with Gasteiger partial charge in [0.1, 0.15) is 0 Å². The Bertz CT molecular complexity index is 935. The van der Waals surface area contributed by atoms with Crippen LogP contribution in [0.3, 0.4) is 0 Å². The molecule has 0 radical (unpaired) electrons. The van der Waals surface area contributed by atoms with E-state index in [0.717, 1.165) is 25.7 Å². The molecule has 0 amide bonds. The Kier molecular flexibility index (Phi) is 7.53. The van der Waals surface area contributed by atoms with Crippen LogP contribution in [-0.2, 0) is 13.1 Å². The molecule has 0 fully saturated rings. The summed E-state index contributed by atoms with van der Waals surface area (Å²) in [5.41, 5.74) is 0.799. The van der Waals surface area contributed by atoms with Gasteiger partial charge in [0.2, 0.25) is 0 Å². The highest BCUT2D eigenvalue weighted by molar-refractivity contribution is 6.08. The van der Waals surface area contributed by atoms with E-state index in [0.29, 0.717) is 24.2 Å². The van der Waals surface area contributed by atoms with Gasteiger partial charge in [0, 0.05) is 31.0 Å². The highest BCUT2D eigenvalue weighted by Crippen LogP contribution is 2.11. The number of ketones is 1. The number of aryl methyl sites for hydroxylation is 2. The van der Waals surface area contributed by atoms with E-state index in [2.05, 4.69) is 13.8 Å². The molecule has 27 heavy (non-hydrogen) atoms. The van der Waals surface area contributed by atoms with Gasteiger partial charge in [0.05, 0.1) is 5.56 Å². The molecule has 0 atom stereocenters. The third kappa shape index (κ3) is 5.16. The van der Waals surface area contributed by atoms with Crippen LogP contribution in [0.25, 0.3) is 5.57 Å². The van der Waals surface area contributed by atoms with E-state index in [1.807, 2.05) is 6.07 Å². The van der Waals surface area contributed by atoms with Gasteiger partial charge >= 0.3 is 0 Å². The van der Waals surface area contributed by atoms with Crippen LogP contribution in [0.4, 0.5) is 0 Å². The SMILES string of the molecule is CCCCn1cccc(C(=O)C=C(C)c2cccn(CCCC)c2=O)c1=O. The van der Waals surface area contributed by atoms with Gasteiger partial charge in [-0.2, -0.15) is 0 Å². The van der Waals surface area contributed by atoms with Crippen molar-refractivity contribution in [3.63, 3.8) is 0 Å². The summed E-state index contributed by atoms with van der Waals surface area (Å²) in [6, 6.07) is 6.79. The first-order chi connectivity index (χ1) is 13.0. The summed E-state index contributed by atoms with van der Waals surface area (Å²) in [5.74, 6) is -0.369. The third-order valence-corrected chi connectivity index (χ3v) is 4.58. The van der Waals surface area contributed by atoms with Crippen LogP contribution >= 0.6 is 0 Å². The van der Waals surface area contributed by atoms with Crippen LogP contribution in [0.1, 0.15) is 62.4 Å². The zero-order valence-corrected chi connectivity index (χ0v) is 16.4. The summed E-state index contributed by atoms with van der Waals surface area (Å²) in [6.07, 6.45) is 8.64. The number of rotatable bonds is 9. The number of nitrogens with zero attached hydrogens (tertiary/aromatic N) is 2. The topological polar surface area (TPSA) is 61.1 Å². The van der Waals surface area contributed by atoms with Crippen molar-refractivity contribution in [3.8, 4) is 0 Å². The minimum absolute atomic E-state index is 0.110. The fourth-order valence-corrected chi connectivity index (χ4v) is 2.92. The molecule has 0 bridgehead atoms. The molecule has 2 aromatic rings. The number of carbonyl (C=O) groups excluding carboxylic acids is 1. The molecule has 2 heterocycles. The molecule has 0 saturated heterocycles. The van der Waals surface area contributed by atoms with Crippen molar-refractivity contribution < 1.29 is 4.79 Å². The van der Waals surface area contributed by atoms with E-state index in [1.54, 1.807) is 46.7 Å². The highest BCUT2D eigenvalue weighted by atomic mass is 16.1. The first kappa shape index (κ1) is 20.6. The van der Waals surface area contributed by atoms with Crippen LogP contribution in [-0.4, -0.2) is 14.9 Å². The maximum absolute atomic E-state index is 12.6. The molecule has 0 aliphatic carbocycles. The largest absolute Gasteiger partial charge is 0.315 e. The molecule has 2 aromatic heterocycles. The number of hydrogen-bond acceptors (Lipinski definition) is 3. The summed E-state index contributed by atoms with van der Waals surface area (Å²) in [4.78, 5) is 37.8. The fraction of sp³-hybridized carbons (Fsp3) is 0.409. The Morgan fingerprint density at radius 2 is 1.37 bits per heavy atom. The minimum Gasteiger partial charge on any atom is -0.315 e. The lowest BCUT2D eigenvalue weighted by molar-refractivity contribution is 0.104. The number of hydrogen-bond donors (Lipinski definition) is 0. The van der Waals surface area contributed by atoms with Gasteiger partial charge in [-0.3, -0.25) is 14.4 Å². The Balaban J connectivity index is 2.33. The van der Waals surface area contributed by atoms with Crippen molar-refractivity contribution in [2.45, 2.75) is 59.5 Å². The van der Waals surface area contributed by atoms with Crippen molar-refractivity contribution in [1.29, 1.82) is 0 Å². The summed E-state index contributed by atoms with van der Waals surface area (Å²) in [5, 5.41) is 0. The second-order valence-corrected chi connectivity index (χ2v) is 6.74. The summed E-state index contributed by atoms with van der Waals surface area (Å²) < 4.78 is 3.24. The van der Waals surface area contributed by atoms with E-state index in [9.17, 15) is 14.4 Å². The number of unbranched alkanes of at least 4 members (excludes halogenated alkanes) is 2. The lowest BCUT2D eigenvalue weighted by atomic mass is 10.0. The summed E-state index contributed by atoms with van der Waals surface area (Å²) in [7, 11) is 0. The average Bonchev–Trinajstić information content (AvgIpc) is 2.66. The monoisotopic (exact) mass is 368 g/mol. The summed E-state index contributed by atoms with van der Waals surface area (Å²) in [6.45, 7) is 7.12. The lowest BCUT2D eigenvalue weighted by Crippen LogP contribution is -2.25. The number of aromatic nitrogens is 2. The zero-order chi connectivity index (χ0) is 19.8. The Hall–Kier alpha value is -2.69. The molecule has 0 saturated carbocycles. The third-order valence-electron chi connectivity index (χ3n) is 4.58. The maximum Gasteiger partial charge on any atom is 0.261 e. The van der Waals surface area contributed by atoms with E-state index in [4.69, 9.17) is 0 Å². The normalized spacial score (nSPS) is 11.6. The molecule has 0 aliphatic rings. The molecule has 5 nitrogen and oxygen atoms in total. The molecule has 0 N–H and O–H groups in total. The molecule has 0 spiro atoms. The quantitative estimate of drug-likeness (QED) is 0.498. The average molecular weight is 368 g/mol. The van der Waals surface area contributed by atoms with E-state index in [-0.39, 0.29) is 22.5 Å². The van der Waals surface area contributed by atoms with E-state index in [1.165, 1.54) is 6.08 Å². The van der Waals surface area contributed by atoms with Crippen molar-refractivity contribution in [2.24, 2.45) is 0 Å². The van der Waals surface area contributed by atoms with Gasteiger partial charge < -0.3 is 9.13 Å². The Labute approximate surface area is 160 Å². The van der Waals surface area contributed by atoms with Gasteiger partial charge in [-0.1, -0.05) is 26.7 Å². The standard InChI is InChI=1S/C22H28N2O3/c1-4-6-12-23-14-8-10-18(21(23)26)17(3)16-20(25)19-11-9-15-24(22(19)27)13-7-5-2/h8-11,14-16H,4-7,12-13H2,1-3H3. The Morgan fingerprint density at radius 1 is 0.889 bits per heavy atom. The smallest absolute Gasteiger partial charge is 0.261 e. The fourth-order valence-electron chi connectivity index (χ4n) is 2.92. The molecule has 0 aliphatic heterocycles. The first-order valence-electron chi connectivity index (χ1n) is 9.61. The van der Waals surface area contributed by atoms with Gasteiger partial charge in [0.25, 0.3) is 11.1 Å². The van der Waals surface area contributed by atoms with Crippen molar-refractivity contribution in [2.75, 3.05) is 0 Å². The zero-order valence-electron chi connectivity index (χ0n) is 16.4. The van der Waals surface area contributed by atoms with Crippen molar-refractivity contribution in [3.05, 3.63) is 74.6 Å². The van der Waals surface area contributed by atoms with Crippen LogP contribution in [0.5, 0.6) is 0 Å². The second-order valence-electron chi connectivity index (χ2n) is 6.74. The number of allylic oxidation sites excluding steroid dienone is 2. The van der Waals surface area contributed by atoms with E-state index < -0.39 is 0 Å². The predicted molar refractivity (Wildman–Crippen MR) is 109 cm³/mol. The van der Waals surface area contributed by atoms with Crippen molar-refractivity contribution >= 4 is 11.4 Å². The summed E-state index contributed by atoms with van der Waals surface area (Å²) >= 11 is 0. The predicted octanol–water partition coefficient (Wildman–Crippen LogP) is 3.90. The first-order valence-corrected chi connectivity index (χ1v) is 9.61. The molecule has 2 rings (SSSR count). The van der Waals surface area contributed by atoms with Crippen LogP contribution in [0.2, 0.25) is 0 Å². The molecular formula is C22H28N2O3. The van der Waals surface area contributed by atoms with Gasteiger partial charge in [-0.25, -0.2) is 0 Å². The number of pyridine rings is 2. The van der Waals surface area contributed by atoms with Gasteiger partial charge in [0.15, 0.2) is 5.78 Å². The molecular weight excluding hydrogens is 340 g/mol. The molecule has 5 heteroatoms. The van der Waals surface area contributed by atoms with Crippen molar-refractivity contribution in [1.82, 2.24) is 9.13 Å². The van der Waals surface area contributed by atoms with Gasteiger partial charge in [-0.05, 0) is 55.7 Å². The number of carbonyl (C=O) groups is 1. The Morgan fingerprint density at radius 3 is 1.89 bits per heavy atom. The van der Waals surface area contributed by atoms with Crippen LogP contribution < -0.4 is 11.1 Å². The maximum atomic E-state index is 12.6. The lowest BCUT2D eigenvalue weighted by Gasteiger charge is -2.08. The van der Waals surface area contributed by atoms with Gasteiger partial charge in [-0.15, -0.1) is 0 Å². The molecule has 0 aromatic carbocycles. The van der Waals surface area contributed by atoms with Crippen LogP contribution in [0, 0.1) is 0 Å². The van der Waals surface area contributed by atoms with E-state index >= 15 is 0 Å². The second kappa shape index (κ2) is 9.86. The highest BCUT2D eigenvalue weighted by Gasteiger charge is 2.12. The van der Waals surface area contributed by atoms with Crippen LogP contribution in [0.15, 0.2) is 52.3 Å². The molecule has 144 valence electrons. The molecule has 0 unspecified atom stereocenters.